The van der Waals surface area contributed by atoms with Crippen LogP contribution in [0.4, 0.5) is 5.69 Å². The van der Waals surface area contributed by atoms with Crippen molar-refractivity contribution in [2.75, 3.05) is 19.5 Å². The first-order valence-electron chi connectivity index (χ1n) is 9.32. The molecule has 7 heteroatoms. The number of hydrogen-bond donors (Lipinski definition) is 2. The summed E-state index contributed by atoms with van der Waals surface area (Å²) in [6, 6.07) is 15.2. The van der Waals surface area contributed by atoms with Gasteiger partial charge in [-0.25, -0.2) is 4.79 Å². The molecule has 0 bridgehead atoms. The molecule has 1 unspecified atom stereocenters. The Morgan fingerprint density at radius 3 is 2.13 bits per heavy atom. The molecule has 0 aliphatic carbocycles. The van der Waals surface area contributed by atoms with Gasteiger partial charge in [0.25, 0.3) is 0 Å². The third-order valence-corrected chi connectivity index (χ3v) is 4.72. The maximum Gasteiger partial charge on any atom is 0.343 e. The molecule has 0 spiro atoms. The summed E-state index contributed by atoms with van der Waals surface area (Å²) in [5.74, 6) is 0.372. The highest BCUT2D eigenvalue weighted by atomic mass is 16.5. The number of anilines is 1. The van der Waals surface area contributed by atoms with E-state index in [1.54, 1.807) is 69.7 Å². The van der Waals surface area contributed by atoms with E-state index in [9.17, 15) is 14.7 Å². The normalized spacial score (nSPS) is 11.6. The van der Waals surface area contributed by atoms with Crippen LogP contribution < -0.4 is 20.4 Å². The zero-order valence-corrected chi connectivity index (χ0v) is 17.0. The first-order chi connectivity index (χ1) is 14.4. The van der Waals surface area contributed by atoms with Gasteiger partial charge in [0.15, 0.2) is 0 Å². The van der Waals surface area contributed by atoms with Crippen molar-refractivity contribution < 1.29 is 23.8 Å². The lowest BCUT2D eigenvalue weighted by Gasteiger charge is -2.18. The van der Waals surface area contributed by atoms with Crippen molar-refractivity contribution in [1.82, 2.24) is 0 Å². The van der Waals surface area contributed by atoms with Crippen LogP contribution >= 0.6 is 0 Å². The van der Waals surface area contributed by atoms with Crippen LogP contribution in [0, 0.1) is 6.92 Å². The molecule has 0 radical (unpaired) electrons. The van der Waals surface area contributed by atoms with Gasteiger partial charge in [0.05, 0.1) is 19.8 Å². The molecule has 7 nitrogen and oxygen atoms in total. The molecule has 156 valence electrons. The summed E-state index contributed by atoms with van der Waals surface area (Å²) in [7, 11) is 3.11. The highest BCUT2D eigenvalue weighted by molar-refractivity contribution is 5.91. The van der Waals surface area contributed by atoms with Crippen LogP contribution in [-0.4, -0.2) is 25.2 Å². The van der Waals surface area contributed by atoms with E-state index in [1.807, 2.05) is 0 Å². The minimum Gasteiger partial charge on any atom is -0.507 e. The Labute approximate surface area is 173 Å². The standard InChI is InChI=1S/C23H23NO6/c1-14-12-20(25)22(23(27)30-14)19(15-4-8-17(28-2)9-5-15)13-21(26)24-16-6-10-18(29-3)11-7-16/h4-12,19,25H,13H2,1-3H3,(H,24,26). The first-order valence-corrected chi connectivity index (χ1v) is 9.32. The van der Waals surface area contributed by atoms with E-state index in [0.717, 1.165) is 0 Å². The van der Waals surface area contributed by atoms with Crippen LogP contribution in [0.25, 0.3) is 0 Å². The van der Waals surface area contributed by atoms with Crippen molar-refractivity contribution in [2.45, 2.75) is 19.3 Å². The molecule has 0 aliphatic rings. The quantitative estimate of drug-likeness (QED) is 0.615. The zero-order valence-electron chi connectivity index (χ0n) is 17.0. The molecular formula is C23H23NO6. The topological polar surface area (TPSA) is 98.0 Å². The monoisotopic (exact) mass is 409 g/mol. The van der Waals surface area contributed by atoms with Gasteiger partial charge in [-0.15, -0.1) is 0 Å². The molecule has 1 heterocycles. The Morgan fingerprint density at radius 2 is 1.60 bits per heavy atom. The molecule has 3 rings (SSSR count). The Hall–Kier alpha value is -3.74. The Balaban J connectivity index is 1.92. The van der Waals surface area contributed by atoms with Crippen LogP contribution in [-0.2, 0) is 4.79 Å². The Bertz CT molecular complexity index is 1070. The summed E-state index contributed by atoms with van der Waals surface area (Å²) in [5.41, 5.74) is 0.628. The maximum atomic E-state index is 12.8. The van der Waals surface area contributed by atoms with Gasteiger partial charge in [-0.05, 0) is 48.9 Å². The number of aryl methyl sites for hydroxylation is 1. The summed E-state index contributed by atoms with van der Waals surface area (Å²) in [6.45, 7) is 1.57. The van der Waals surface area contributed by atoms with Gasteiger partial charge in [0, 0.05) is 24.1 Å². The average molecular weight is 409 g/mol. The summed E-state index contributed by atoms with van der Waals surface area (Å²) < 4.78 is 15.5. The zero-order chi connectivity index (χ0) is 21.7. The van der Waals surface area contributed by atoms with E-state index in [4.69, 9.17) is 13.9 Å². The van der Waals surface area contributed by atoms with E-state index in [2.05, 4.69) is 5.32 Å². The molecular weight excluding hydrogens is 386 g/mol. The predicted molar refractivity (Wildman–Crippen MR) is 112 cm³/mol. The van der Waals surface area contributed by atoms with Gasteiger partial charge in [-0.3, -0.25) is 4.79 Å². The molecule has 0 fully saturated rings. The molecule has 0 saturated carbocycles. The van der Waals surface area contributed by atoms with Gasteiger partial charge < -0.3 is 24.3 Å². The fraction of sp³-hybridized carbons (Fsp3) is 0.217. The molecule has 30 heavy (non-hydrogen) atoms. The van der Waals surface area contributed by atoms with E-state index in [-0.39, 0.29) is 29.4 Å². The van der Waals surface area contributed by atoms with Gasteiger partial charge in [-0.1, -0.05) is 12.1 Å². The van der Waals surface area contributed by atoms with Crippen LogP contribution in [0.5, 0.6) is 17.2 Å². The minimum absolute atomic E-state index is 0.0376. The summed E-state index contributed by atoms with van der Waals surface area (Å²) in [4.78, 5) is 25.3. The lowest BCUT2D eigenvalue weighted by Crippen LogP contribution is -2.21. The van der Waals surface area contributed by atoms with Gasteiger partial charge in [-0.2, -0.15) is 0 Å². The van der Waals surface area contributed by atoms with Gasteiger partial charge in [0.1, 0.15) is 23.0 Å². The number of hydrogen-bond acceptors (Lipinski definition) is 6. The predicted octanol–water partition coefficient (Wildman–Crippen LogP) is 3.83. The number of carbonyl (C=O) groups excluding carboxylic acids is 1. The number of rotatable bonds is 7. The fourth-order valence-corrected chi connectivity index (χ4v) is 3.22. The van der Waals surface area contributed by atoms with Crippen molar-refractivity contribution in [3.63, 3.8) is 0 Å². The summed E-state index contributed by atoms with van der Waals surface area (Å²) in [6.07, 6.45) is -0.0697. The maximum absolute atomic E-state index is 12.8. The lowest BCUT2D eigenvalue weighted by molar-refractivity contribution is -0.116. The third-order valence-electron chi connectivity index (χ3n) is 4.72. The number of ether oxygens (including phenoxy) is 2. The molecule has 1 atom stereocenters. The van der Waals surface area contributed by atoms with Crippen LogP contribution in [0.15, 0.2) is 63.8 Å². The van der Waals surface area contributed by atoms with Gasteiger partial charge >= 0.3 is 5.63 Å². The van der Waals surface area contributed by atoms with Gasteiger partial charge in [0.2, 0.25) is 5.91 Å². The number of carbonyl (C=O) groups is 1. The molecule has 2 N–H and O–H groups in total. The van der Waals surface area contributed by atoms with E-state index in [0.29, 0.717) is 22.7 Å². The van der Waals surface area contributed by atoms with Crippen LogP contribution in [0.1, 0.15) is 29.2 Å². The largest absolute Gasteiger partial charge is 0.507 e. The second kappa shape index (κ2) is 9.17. The minimum atomic E-state index is -0.703. The van der Waals surface area contributed by atoms with Crippen molar-refractivity contribution in [3.05, 3.63) is 81.9 Å². The molecule has 2 aromatic carbocycles. The number of benzene rings is 2. The van der Waals surface area contributed by atoms with Crippen molar-refractivity contribution >= 4 is 11.6 Å². The smallest absolute Gasteiger partial charge is 0.343 e. The summed E-state index contributed by atoms with van der Waals surface area (Å²) >= 11 is 0. The average Bonchev–Trinajstić information content (AvgIpc) is 2.73. The SMILES string of the molecule is COc1ccc(NC(=O)CC(c2ccc(OC)cc2)c2c(O)cc(C)oc2=O)cc1. The third kappa shape index (κ3) is 4.81. The first kappa shape index (κ1) is 21.0. The number of aromatic hydroxyl groups is 1. The van der Waals surface area contributed by atoms with E-state index in [1.165, 1.54) is 6.07 Å². The van der Waals surface area contributed by atoms with E-state index >= 15 is 0 Å². The number of nitrogens with one attached hydrogen (secondary N) is 1. The van der Waals surface area contributed by atoms with Crippen LogP contribution in [0.3, 0.4) is 0 Å². The van der Waals surface area contributed by atoms with Crippen molar-refractivity contribution in [3.8, 4) is 17.2 Å². The molecule has 1 amide bonds. The highest BCUT2D eigenvalue weighted by Crippen LogP contribution is 2.33. The molecule has 0 saturated heterocycles. The van der Waals surface area contributed by atoms with Crippen LogP contribution in [0.2, 0.25) is 0 Å². The number of methoxy groups -OCH3 is 2. The molecule has 3 aromatic rings. The summed E-state index contributed by atoms with van der Waals surface area (Å²) in [5, 5.41) is 13.2. The Kier molecular flexibility index (Phi) is 6.41. The van der Waals surface area contributed by atoms with E-state index < -0.39 is 11.5 Å². The Morgan fingerprint density at radius 1 is 1.03 bits per heavy atom. The van der Waals surface area contributed by atoms with Crippen molar-refractivity contribution in [2.24, 2.45) is 0 Å². The fourth-order valence-electron chi connectivity index (χ4n) is 3.22. The number of amides is 1. The highest BCUT2D eigenvalue weighted by Gasteiger charge is 2.26. The second-order valence-corrected chi connectivity index (χ2v) is 6.75. The second-order valence-electron chi connectivity index (χ2n) is 6.75. The molecule has 0 aliphatic heterocycles. The lowest BCUT2D eigenvalue weighted by atomic mass is 9.88. The van der Waals surface area contributed by atoms with Crippen molar-refractivity contribution in [1.29, 1.82) is 0 Å². The molecule has 1 aromatic heterocycles.